The molecule has 9 nitrogen and oxygen atoms in total. The zero-order valence-electron chi connectivity index (χ0n) is 21.9. The summed E-state index contributed by atoms with van der Waals surface area (Å²) in [5.41, 5.74) is 6.22. The molecule has 2 N–H and O–H groups in total. The average molecular weight is 524 g/mol. The second kappa shape index (κ2) is 11.0. The summed E-state index contributed by atoms with van der Waals surface area (Å²) in [6.45, 7) is 5.50. The van der Waals surface area contributed by atoms with Gasteiger partial charge in [0.05, 0.1) is 17.9 Å². The number of carbonyl (C=O) groups is 1. The second-order valence-corrected chi connectivity index (χ2v) is 12.0. The molecule has 1 saturated heterocycles. The number of nitrogens with one attached hydrogen (secondary N) is 2. The maximum absolute atomic E-state index is 13.7. The molecule has 1 aliphatic heterocycles. The van der Waals surface area contributed by atoms with Crippen molar-refractivity contribution in [2.45, 2.75) is 77.3 Å². The monoisotopic (exact) mass is 523 g/mol. The number of nitrogens with zero attached hydrogens (tertiary/aromatic N) is 4. The van der Waals surface area contributed by atoms with E-state index in [2.05, 4.69) is 26.1 Å². The van der Waals surface area contributed by atoms with Crippen molar-refractivity contribution in [3.8, 4) is 0 Å². The SMILES string of the molecule is CC(C)n1cc(N(C2CCCN(C)C2)S(=O)(=O)NC(=O)Nc2c3c(cc4c2CCC4)CCC3)cn1.[Na]. The van der Waals surface area contributed by atoms with Crippen molar-refractivity contribution in [2.75, 3.05) is 29.8 Å². The zero-order valence-corrected chi connectivity index (χ0v) is 24.7. The van der Waals surface area contributed by atoms with Gasteiger partial charge in [-0.25, -0.2) is 13.8 Å². The van der Waals surface area contributed by atoms with Crippen molar-refractivity contribution in [1.29, 1.82) is 0 Å². The molecule has 1 fully saturated rings. The molecule has 0 saturated carbocycles. The van der Waals surface area contributed by atoms with Crippen LogP contribution in [-0.4, -0.2) is 84.9 Å². The van der Waals surface area contributed by atoms with E-state index < -0.39 is 16.2 Å². The molecule has 3 aliphatic rings. The van der Waals surface area contributed by atoms with Gasteiger partial charge in [-0.2, -0.15) is 13.5 Å². The Morgan fingerprint density at radius 3 is 2.36 bits per heavy atom. The van der Waals surface area contributed by atoms with Crippen molar-refractivity contribution >= 4 is 57.2 Å². The van der Waals surface area contributed by atoms with Crippen LogP contribution in [0.2, 0.25) is 0 Å². The number of amides is 2. The first-order chi connectivity index (χ1) is 16.7. The summed E-state index contributed by atoms with van der Waals surface area (Å²) < 4.78 is 32.8. The van der Waals surface area contributed by atoms with Gasteiger partial charge in [-0.3, -0.25) is 4.68 Å². The number of rotatable bonds is 6. The zero-order chi connectivity index (χ0) is 24.7. The Kier molecular flexibility index (Phi) is 8.41. The van der Waals surface area contributed by atoms with E-state index in [1.165, 1.54) is 26.6 Å². The molecule has 0 spiro atoms. The number of urea groups is 1. The van der Waals surface area contributed by atoms with Crippen LogP contribution in [0.25, 0.3) is 0 Å². The maximum Gasteiger partial charge on any atom is 0.334 e. The van der Waals surface area contributed by atoms with Crippen LogP contribution in [0, 0.1) is 0 Å². The normalized spacial score (nSPS) is 19.5. The molecule has 1 unspecified atom stereocenters. The predicted molar refractivity (Wildman–Crippen MR) is 143 cm³/mol. The summed E-state index contributed by atoms with van der Waals surface area (Å²) in [7, 11) is -2.18. The number of carbonyl (C=O) groups excluding carboxylic acids is 1. The molecule has 11 heteroatoms. The number of aryl methyl sites for hydroxylation is 2. The van der Waals surface area contributed by atoms with E-state index in [4.69, 9.17) is 0 Å². The quantitative estimate of drug-likeness (QED) is 0.567. The summed E-state index contributed by atoms with van der Waals surface area (Å²) in [6.07, 6.45) is 10.9. The summed E-state index contributed by atoms with van der Waals surface area (Å²) in [6, 6.07) is 1.40. The Bertz CT molecular complexity index is 1200. The van der Waals surface area contributed by atoms with Gasteiger partial charge >= 0.3 is 16.2 Å². The molecule has 1 radical (unpaired) electrons. The fraction of sp³-hybridized carbons (Fsp3) is 0.600. The summed E-state index contributed by atoms with van der Waals surface area (Å²) in [5.74, 6) is 0. The van der Waals surface area contributed by atoms with E-state index in [0.717, 1.165) is 63.6 Å². The van der Waals surface area contributed by atoms with E-state index in [0.29, 0.717) is 12.2 Å². The van der Waals surface area contributed by atoms with Crippen LogP contribution in [-0.2, 0) is 35.9 Å². The van der Waals surface area contributed by atoms with Gasteiger partial charge in [0, 0.05) is 54.0 Å². The second-order valence-electron chi connectivity index (χ2n) is 10.4. The van der Waals surface area contributed by atoms with Crippen molar-refractivity contribution in [2.24, 2.45) is 0 Å². The minimum absolute atomic E-state index is 0. The number of benzene rings is 1. The number of hydrogen-bond donors (Lipinski definition) is 2. The molecule has 191 valence electrons. The molecule has 2 aromatic rings. The molecule has 1 aromatic heterocycles. The first-order valence-electron chi connectivity index (χ1n) is 12.8. The van der Waals surface area contributed by atoms with E-state index in [-0.39, 0.29) is 41.6 Å². The standard InChI is InChI=1S/C25H36N6O3S.Na/c1-17(2)30-16-21(14-26-30)31(20-9-6-12-29(3)15-20)35(33,34)28-25(32)27-24-22-10-4-7-18(22)13-19-8-5-11-23(19)24;/h13-14,16-17,20H,4-12,15H2,1-3H3,(H2,27,28,32);. The number of likely N-dealkylation sites (N-methyl/N-ethyl adjacent to an activating group) is 1. The van der Waals surface area contributed by atoms with Crippen molar-refractivity contribution in [3.05, 3.63) is 40.7 Å². The first-order valence-corrected chi connectivity index (χ1v) is 14.2. The van der Waals surface area contributed by atoms with E-state index in [9.17, 15) is 13.2 Å². The topological polar surface area (TPSA) is 99.6 Å². The molecule has 2 amide bonds. The molecule has 2 heterocycles. The third kappa shape index (κ3) is 5.48. The van der Waals surface area contributed by atoms with Gasteiger partial charge in [0.2, 0.25) is 0 Å². The molecular formula is C25H36N6NaO3S. The van der Waals surface area contributed by atoms with Gasteiger partial charge in [-0.15, -0.1) is 0 Å². The number of anilines is 2. The van der Waals surface area contributed by atoms with Crippen LogP contribution in [0.5, 0.6) is 0 Å². The Morgan fingerprint density at radius 2 is 1.78 bits per heavy atom. The first kappa shape index (κ1) is 27.4. The molecule has 1 atom stereocenters. The predicted octanol–water partition coefficient (Wildman–Crippen LogP) is 3.03. The summed E-state index contributed by atoms with van der Waals surface area (Å²) in [5, 5.41) is 7.31. The Hall–Kier alpha value is -1.59. The third-order valence-electron chi connectivity index (χ3n) is 7.49. The Labute approximate surface area is 236 Å². The van der Waals surface area contributed by atoms with Gasteiger partial charge in [-0.1, -0.05) is 6.07 Å². The Morgan fingerprint density at radius 1 is 1.11 bits per heavy atom. The fourth-order valence-electron chi connectivity index (χ4n) is 5.87. The maximum atomic E-state index is 13.7. The van der Waals surface area contributed by atoms with Crippen LogP contribution < -0.4 is 14.3 Å². The molecule has 1 aromatic carbocycles. The minimum Gasteiger partial charge on any atom is -0.307 e. The van der Waals surface area contributed by atoms with Gasteiger partial charge in [0.25, 0.3) is 0 Å². The molecule has 5 rings (SSSR count). The van der Waals surface area contributed by atoms with Crippen LogP contribution in [0.3, 0.4) is 0 Å². The minimum atomic E-state index is -4.17. The van der Waals surface area contributed by atoms with Crippen molar-refractivity contribution < 1.29 is 13.2 Å². The number of likely N-dealkylation sites (tertiary alicyclic amines) is 1. The van der Waals surface area contributed by atoms with Gasteiger partial charge in [0.15, 0.2) is 0 Å². The van der Waals surface area contributed by atoms with E-state index in [1.54, 1.807) is 17.1 Å². The van der Waals surface area contributed by atoms with Crippen LogP contribution in [0.15, 0.2) is 18.5 Å². The summed E-state index contributed by atoms with van der Waals surface area (Å²) in [4.78, 5) is 15.3. The van der Waals surface area contributed by atoms with Gasteiger partial charge in [-0.05, 0) is 101 Å². The molecule has 2 aliphatic carbocycles. The van der Waals surface area contributed by atoms with E-state index in [1.807, 2.05) is 20.9 Å². The number of fused-ring (bicyclic) bond motifs is 2. The average Bonchev–Trinajstić information content (AvgIpc) is 3.53. The number of aromatic nitrogens is 2. The van der Waals surface area contributed by atoms with Gasteiger partial charge < -0.3 is 10.2 Å². The Balaban J connectivity index is 0.00000304. The number of hydrogen-bond acceptors (Lipinski definition) is 5. The van der Waals surface area contributed by atoms with Crippen LogP contribution in [0.1, 0.15) is 67.8 Å². The fourth-order valence-corrected chi connectivity index (χ4v) is 7.19. The van der Waals surface area contributed by atoms with Crippen LogP contribution in [0.4, 0.5) is 16.2 Å². The summed E-state index contributed by atoms with van der Waals surface area (Å²) >= 11 is 0. The largest absolute Gasteiger partial charge is 0.334 e. The molecule has 0 bridgehead atoms. The van der Waals surface area contributed by atoms with E-state index >= 15 is 0 Å². The van der Waals surface area contributed by atoms with Crippen molar-refractivity contribution in [3.63, 3.8) is 0 Å². The third-order valence-corrected chi connectivity index (χ3v) is 8.97. The molecule has 36 heavy (non-hydrogen) atoms. The van der Waals surface area contributed by atoms with Gasteiger partial charge in [0.1, 0.15) is 0 Å². The van der Waals surface area contributed by atoms with Crippen molar-refractivity contribution in [1.82, 2.24) is 19.4 Å². The smallest absolute Gasteiger partial charge is 0.307 e. The van der Waals surface area contributed by atoms with Crippen LogP contribution >= 0.6 is 0 Å². The molecular weight excluding hydrogens is 487 g/mol. The number of piperidine rings is 1.